The minimum Gasteiger partial charge on any atom is -0.345 e. The van der Waals surface area contributed by atoms with E-state index in [0.29, 0.717) is 18.4 Å². The van der Waals surface area contributed by atoms with Gasteiger partial charge in [0.05, 0.1) is 12.5 Å². The summed E-state index contributed by atoms with van der Waals surface area (Å²) in [7, 11) is 0. The van der Waals surface area contributed by atoms with Crippen LogP contribution in [0.2, 0.25) is 0 Å². The van der Waals surface area contributed by atoms with E-state index < -0.39 is 0 Å². The second kappa shape index (κ2) is 3.47. The van der Waals surface area contributed by atoms with Gasteiger partial charge in [0.2, 0.25) is 5.91 Å². The van der Waals surface area contributed by atoms with Crippen LogP contribution in [0, 0.1) is 30.1 Å². The van der Waals surface area contributed by atoms with Gasteiger partial charge < -0.3 is 11.1 Å². The van der Waals surface area contributed by atoms with Crippen molar-refractivity contribution in [2.75, 3.05) is 6.54 Å². The Balaban J connectivity index is 2.02. The molecule has 0 aromatic rings. The van der Waals surface area contributed by atoms with Crippen LogP contribution in [0.1, 0.15) is 6.42 Å². The van der Waals surface area contributed by atoms with Gasteiger partial charge in [-0.3, -0.25) is 4.79 Å². The van der Waals surface area contributed by atoms with Crippen LogP contribution < -0.4 is 11.1 Å². The lowest BCUT2D eigenvalue weighted by Crippen LogP contribution is -2.44. The Morgan fingerprint density at radius 2 is 2.29 bits per heavy atom. The van der Waals surface area contributed by atoms with Gasteiger partial charge in [0.25, 0.3) is 0 Å². The molecule has 0 spiro atoms. The van der Waals surface area contributed by atoms with Gasteiger partial charge in [0, 0.05) is 6.04 Å². The van der Waals surface area contributed by atoms with Gasteiger partial charge >= 0.3 is 0 Å². The molecule has 2 bridgehead atoms. The molecule has 3 heteroatoms. The van der Waals surface area contributed by atoms with Gasteiger partial charge in [0.15, 0.2) is 0 Å². The number of hydrogen-bond donors (Lipinski definition) is 2. The summed E-state index contributed by atoms with van der Waals surface area (Å²) in [5.74, 6) is 3.04. The van der Waals surface area contributed by atoms with Crippen LogP contribution in [0.5, 0.6) is 0 Å². The van der Waals surface area contributed by atoms with Crippen molar-refractivity contribution in [1.82, 2.24) is 5.32 Å². The van der Waals surface area contributed by atoms with Gasteiger partial charge in [-0.25, -0.2) is 0 Å². The summed E-state index contributed by atoms with van der Waals surface area (Å²) in [6.45, 7) is 0.295. The zero-order valence-electron chi connectivity index (χ0n) is 7.94. The van der Waals surface area contributed by atoms with E-state index in [4.69, 9.17) is 12.2 Å². The summed E-state index contributed by atoms with van der Waals surface area (Å²) < 4.78 is 0. The lowest BCUT2D eigenvalue weighted by atomic mass is 9.89. The molecule has 2 aliphatic carbocycles. The highest BCUT2D eigenvalue weighted by molar-refractivity contribution is 5.81. The van der Waals surface area contributed by atoms with Crippen LogP contribution in [-0.2, 0) is 4.79 Å². The molecule has 0 saturated heterocycles. The number of hydrogen-bond acceptors (Lipinski definition) is 2. The fourth-order valence-corrected chi connectivity index (χ4v) is 2.49. The molecule has 4 atom stereocenters. The van der Waals surface area contributed by atoms with E-state index in [1.54, 1.807) is 0 Å². The van der Waals surface area contributed by atoms with E-state index in [9.17, 15) is 4.79 Å². The summed E-state index contributed by atoms with van der Waals surface area (Å²) >= 11 is 0. The molecule has 2 rings (SSSR count). The first-order valence-electron chi connectivity index (χ1n) is 4.89. The van der Waals surface area contributed by atoms with E-state index in [-0.39, 0.29) is 17.9 Å². The lowest BCUT2D eigenvalue weighted by molar-refractivity contribution is -0.125. The maximum Gasteiger partial charge on any atom is 0.226 e. The summed E-state index contributed by atoms with van der Waals surface area (Å²) in [5, 5.41) is 2.70. The summed E-state index contributed by atoms with van der Waals surface area (Å²) in [6.07, 6.45) is 10.3. The molecular formula is C11H14N2O. The van der Waals surface area contributed by atoms with Crippen molar-refractivity contribution in [1.29, 1.82) is 0 Å². The number of carbonyl (C=O) groups is 1. The molecule has 14 heavy (non-hydrogen) atoms. The highest BCUT2D eigenvalue weighted by Crippen LogP contribution is 2.42. The maximum absolute atomic E-state index is 11.7. The van der Waals surface area contributed by atoms with E-state index >= 15 is 0 Å². The Hall–Kier alpha value is -1.27. The van der Waals surface area contributed by atoms with E-state index in [0.717, 1.165) is 6.42 Å². The fraction of sp³-hybridized carbons (Fsp3) is 0.545. The van der Waals surface area contributed by atoms with Crippen molar-refractivity contribution < 1.29 is 4.79 Å². The largest absolute Gasteiger partial charge is 0.345 e. The van der Waals surface area contributed by atoms with Crippen LogP contribution in [0.25, 0.3) is 0 Å². The molecule has 1 saturated carbocycles. The Labute approximate surface area is 83.7 Å². The minimum absolute atomic E-state index is 0.00676. The third-order valence-electron chi connectivity index (χ3n) is 3.19. The molecule has 3 nitrogen and oxygen atoms in total. The second-order valence-corrected chi connectivity index (χ2v) is 3.97. The maximum atomic E-state index is 11.7. The summed E-state index contributed by atoms with van der Waals surface area (Å²) in [6, 6.07) is -0.0252. The highest BCUT2D eigenvalue weighted by atomic mass is 16.1. The molecule has 74 valence electrons. The third kappa shape index (κ3) is 1.32. The zero-order chi connectivity index (χ0) is 10.1. The third-order valence-corrected chi connectivity index (χ3v) is 3.19. The molecule has 0 heterocycles. The van der Waals surface area contributed by atoms with Crippen LogP contribution >= 0.6 is 0 Å². The average Bonchev–Trinajstić information content (AvgIpc) is 2.74. The predicted molar refractivity (Wildman–Crippen MR) is 54.0 cm³/mol. The topological polar surface area (TPSA) is 55.1 Å². The van der Waals surface area contributed by atoms with E-state index in [1.807, 2.05) is 0 Å². The molecule has 1 fully saturated rings. The standard InChI is InChI=1S/C11H14N2O/c1-2-5-13-11(14)9-7-3-4-8(6-7)10(9)12/h1,3-4,7-10H,5-6,12H2,(H,13,14). The van der Waals surface area contributed by atoms with Crippen molar-refractivity contribution in [3.8, 4) is 12.3 Å². The normalized spacial score (nSPS) is 38.3. The number of rotatable bonds is 2. The Bertz CT molecular complexity index is 316. The molecule has 1 amide bonds. The number of nitrogens with two attached hydrogens (primary N) is 1. The second-order valence-electron chi connectivity index (χ2n) is 3.97. The number of nitrogens with one attached hydrogen (secondary N) is 1. The fourth-order valence-electron chi connectivity index (χ4n) is 2.49. The average molecular weight is 190 g/mol. The SMILES string of the molecule is C#CCNC(=O)C1C2C=CC(C2)C1N. The van der Waals surface area contributed by atoms with Gasteiger partial charge in [-0.05, 0) is 18.3 Å². The highest BCUT2D eigenvalue weighted by Gasteiger charge is 2.45. The van der Waals surface area contributed by atoms with Crippen molar-refractivity contribution in [2.45, 2.75) is 12.5 Å². The zero-order valence-corrected chi connectivity index (χ0v) is 7.94. The smallest absolute Gasteiger partial charge is 0.226 e. The number of amides is 1. The quantitative estimate of drug-likeness (QED) is 0.471. The Kier molecular flexibility index (Phi) is 2.30. The van der Waals surface area contributed by atoms with Crippen molar-refractivity contribution in [2.24, 2.45) is 23.5 Å². The molecule has 0 aromatic heterocycles. The molecule has 2 aliphatic rings. The first kappa shape index (κ1) is 9.29. The Morgan fingerprint density at radius 1 is 1.57 bits per heavy atom. The van der Waals surface area contributed by atoms with Crippen molar-refractivity contribution >= 4 is 5.91 Å². The van der Waals surface area contributed by atoms with Gasteiger partial charge in [-0.15, -0.1) is 6.42 Å². The Morgan fingerprint density at radius 3 is 2.86 bits per heavy atom. The van der Waals surface area contributed by atoms with Gasteiger partial charge in [-0.2, -0.15) is 0 Å². The summed E-state index contributed by atoms with van der Waals surface area (Å²) in [5.41, 5.74) is 5.97. The molecule has 0 aliphatic heterocycles. The van der Waals surface area contributed by atoms with Crippen LogP contribution in [0.15, 0.2) is 12.2 Å². The molecule has 4 unspecified atom stereocenters. The van der Waals surface area contributed by atoms with E-state index in [1.165, 1.54) is 0 Å². The molecule has 0 radical (unpaired) electrons. The van der Waals surface area contributed by atoms with Gasteiger partial charge in [0.1, 0.15) is 0 Å². The lowest BCUT2D eigenvalue weighted by Gasteiger charge is -2.23. The number of terminal acetylenes is 1. The summed E-state index contributed by atoms with van der Waals surface area (Å²) in [4.78, 5) is 11.7. The first-order chi connectivity index (χ1) is 6.74. The number of allylic oxidation sites excluding steroid dienone is 1. The monoisotopic (exact) mass is 190 g/mol. The molecule has 3 N–H and O–H groups in total. The van der Waals surface area contributed by atoms with Crippen LogP contribution in [0.4, 0.5) is 0 Å². The number of carbonyl (C=O) groups excluding carboxylic acids is 1. The van der Waals surface area contributed by atoms with Crippen molar-refractivity contribution in [3.05, 3.63) is 12.2 Å². The van der Waals surface area contributed by atoms with Gasteiger partial charge in [-0.1, -0.05) is 18.1 Å². The minimum atomic E-state index is -0.0710. The van der Waals surface area contributed by atoms with E-state index in [2.05, 4.69) is 23.4 Å². The molecular weight excluding hydrogens is 176 g/mol. The number of fused-ring (bicyclic) bond motifs is 2. The molecule has 0 aromatic carbocycles. The van der Waals surface area contributed by atoms with Crippen molar-refractivity contribution in [3.63, 3.8) is 0 Å². The first-order valence-corrected chi connectivity index (χ1v) is 4.89. The predicted octanol–water partition coefficient (Wildman–Crippen LogP) is -0.115. The van der Waals surface area contributed by atoms with Crippen LogP contribution in [0.3, 0.4) is 0 Å². The van der Waals surface area contributed by atoms with Crippen LogP contribution in [-0.4, -0.2) is 18.5 Å².